The van der Waals surface area contributed by atoms with Crippen LogP contribution >= 0.6 is 11.3 Å². The van der Waals surface area contributed by atoms with Gasteiger partial charge in [-0.25, -0.2) is 13.2 Å². The van der Waals surface area contributed by atoms with Crippen LogP contribution in [-0.4, -0.2) is 27.0 Å². The van der Waals surface area contributed by atoms with Crippen molar-refractivity contribution in [2.75, 3.05) is 11.4 Å². The van der Waals surface area contributed by atoms with E-state index in [1.165, 1.54) is 22.8 Å². The molecule has 0 unspecified atom stereocenters. The molecule has 28 heavy (non-hydrogen) atoms. The number of hydrogen-bond donors (Lipinski definition) is 1. The summed E-state index contributed by atoms with van der Waals surface area (Å²) in [6.45, 7) is 7.70. The van der Waals surface area contributed by atoms with Crippen molar-refractivity contribution in [1.29, 1.82) is 0 Å². The molecule has 7 heteroatoms. The van der Waals surface area contributed by atoms with Crippen LogP contribution in [0.4, 0.5) is 5.69 Å². The Morgan fingerprint density at radius 3 is 2.36 bits per heavy atom. The molecule has 2 aromatic rings. The number of esters is 1. The van der Waals surface area contributed by atoms with Crippen molar-refractivity contribution in [3.8, 4) is 11.1 Å². The van der Waals surface area contributed by atoms with Crippen LogP contribution in [0, 0.1) is 6.92 Å². The average Bonchev–Trinajstić information content (AvgIpc) is 3.01. The van der Waals surface area contributed by atoms with Gasteiger partial charge in [-0.15, -0.1) is 11.3 Å². The quantitative estimate of drug-likeness (QED) is 0.582. The van der Waals surface area contributed by atoms with Gasteiger partial charge in [0, 0.05) is 11.1 Å². The summed E-state index contributed by atoms with van der Waals surface area (Å²) in [5.41, 5.74) is 5.42. The average molecular weight is 422 g/mol. The van der Waals surface area contributed by atoms with Crippen LogP contribution in [0.1, 0.15) is 60.0 Å². The number of hydrogen-bond acceptors (Lipinski definition) is 5. The smallest absolute Gasteiger partial charge is 0.348 e. The number of methoxy groups -OCH3 is 1. The fourth-order valence-corrected chi connectivity index (χ4v) is 5.83. The molecule has 0 radical (unpaired) electrons. The number of rotatable bonds is 4. The van der Waals surface area contributed by atoms with E-state index in [1.54, 1.807) is 0 Å². The number of carbonyl (C=O) groups is 1. The van der Waals surface area contributed by atoms with Crippen molar-refractivity contribution in [3.63, 3.8) is 0 Å². The Labute approximate surface area is 172 Å². The summed E-state index contributed by atoms with van der Waals surface area (Å²) in [6, 6.07) is 3.87. The summed E-state index contributed by atoms with van der Waals surface area (Å²) in [5.74, 6) is -0.333. The molecule has 0 bridgehead atoms. The molecule has 0 saturated carbocycles. The van der Waals surface area contributed by atoms with Gasteiger partial charge in [0.25, 0.3) is 0 Å². The second-order valence-corrected chi connectivity index (χ2v) is 9.89. The Balaban J connectivity index is 2.26. The first-order valence-corrected chi connectivity index (χ1v) is 11.4. The first kappa shape index (κ1) is 20.9. The molecule has 0 aliphatic heterocycles. The SMILES string of the molecule is COC(=O)c1scc(C)c1-c1ccc(N([SH](=O)=O)C(C)(C)C)c2c1CCCC2. The van der Waals surface area contributed by atoms with E-state index in [0.29, 0.717) is 4.88 Å². The van der Waals surface area contributed by atoms with Crippen molar-refractivity contribution in [2.24, 2.45) is 0 Å². The Morgan fingerprint density at radius 1 is 1.14 bits per heavy atom. The third kappa shape index (κ3) is 3.70. The molecule has 5 nitrogen and oxygen atoms in total. The largest absolute Gasteiger partial charge is 0.465 e. The van der Waals surface area contributed by atoms with Crippen LogP contribution in [0.3, 0.4) is 0 Å². The van der Waals surface area contributed by atoms with Crippen LogP contribution in [0.15, 0.2) is 17.5 Å². The summed E-state index contributed by atoms with van der Waals surface area (Å²) in [7, 11) is -1.37. The van der Waals surface area contributed by atoms with E-state index in [1.807, 2.05) is 45.2 Å². The first-order chi connectivity index (χ1) is 13.2. The first-order valence-electron chi connectivity index (χ1n) is 9.43. The van der Waals surface area contributed by atoms with Gasteiger partial charge in [0.1, 0.15) is 4.88 Å². The number of ether oxygens (including phenoxy) is 1. The van der Waals surface area contributed by atoms with Crippen molar-refractivity contribution >= 4 is 33.9 Å². The van der Waals surface area contributed by atoms with Crippen molar-refractivity contribution in [3.05, 3.63) is 39.1 Å². The van der Waals surface area contributed by atoms with Gasteiger partial charge < -0.3 is 4.74 Å². The van der Waals surface area contributed by atoms with Gasteiger partial charge in [-0.2, -0.15) is 0 Å². The number of benzene rings is 1. The van der Waals surface area contributed by atoms with Gasteiger partial charge in [-0.3, -0.25) is 4.31 Å². The Hall–Kier alpha value is -1.86. The minimum Gasteiger partial charge on any atom is -0.465 e. The second kappa shape index (κ2) is 7.87. The van der Waals surface area contributed by atoms with Gasteiger partial charge in [-0.05, 0) is 87.1 Å². The van der Waals surface area contributed by atoms with E-state index < -0.39 is 16.4 Å². The molecule has 1 aliphatic rings. The van der Waals surface area contributed by atoms with E-state index in [4.69, 9.17) is 4.74 Å². The molecule has 1 heterocycles. The van der Waals surface area contributed by atoms with Crippen LogP contribution in [0.2, 0.25) is 0 Å². The maximum Gasteiger partial charge on any atom is 0.348 e. The number of nitrogens with zero attached hydrogens (tertiary/aromatic N) is 1. The Bertz CT molecular complexity index is 975. The lowest BCUT2D eigenvalue weighted by Crippen LogP contribution is -2.41. The van der Waals surface area contributed by atoms with E-state index in [-0.39, 0.29) is 5.97 Å². The highest BCUT2D eigenvalue weighted by Crippen LogP contribution is 2.42. The molecular formula is C21H27NO4S2. The lowest BCUT2D eigenvalue weighted by atomic mass is 9.83. The summed E-state index contributed by atoms with van der Waals surface area (Å²) in [4.78, 5) is 12.9. The normalized spacial score (nSPS) is 14.1. The lowest BCUT2D eigenvalue weighted by molar-refractivity contribution is 0.0607. The molecule has 152 valence electrons. The van der Waals surface area contributed by atoms with Crippen molar-refractivity contribution in [2.45, 2.75) is 58.9 Å². The maximum atomic E-state index is 12.3. The molecular weight excluding hydrogens is 394 g/mol. The summed E-state index contributed by atoms with van der Waals surface area (Å²) < 4.78 is 30.6. The third-order valence-electron chi connectivity index (χ3n) is 5.15. The molecule has 0 amide bonds. The summed E-state index contributed by atoms with van der Waals surface area (Å²) >= 11 is 1.39. The standard InChI is InChI=1S/C21H27NO4S2/c1-13-12-27-19(20(23)26-5)18(13)16-10-11-17(15-9-7-6-8-14(15)16)22(28(24)25)21(2,3)4/h10-12,28H,6-9H2,1-5H3. The van der Waals surface area contributed by atoms with E-state index in [9.17, 15) is 13.2 Å². The summed E-state index contributed by atoms with van der Waals surface area (Å²) in [6.07, 6.45) is 3.80. The number of anilines is 1. The topological polar surface area (TPSA) is 63.7 Å². The molecule has 1 aliphatic carbocycles. The summed E-state index contributed by atoms with van der Waals surface area (Å²) in [5, 5.41) is 1.97. The molecule has 0 spiro atoms. The van der Waals surface area contributed by atoms with Crippen molar-refractivity contribution < 1.29 is 17.9 Å². The zero-order chi connectivity index (χ0) is 20.6. The number of carbonyl (C=O) groups excluding carboxylic acids is 1. The van der Waals surface area contributed by atoms with Crippen LogP contribution < -0.4 is 4.31 Å². The fourth-order valence-electron chi connectivity index (χ4n) is 4.00. The second-order valence-electron chi connectivity index (χ2n) is 8.13. The Morgan fingerprint density at radius 2 is 1.79 bits per heavy atom. The van der Waals surface area contributed by atoms with Crippen molar-refractivity contribution in [1.82, 2.24) is 0 Å². The van der Waals surface area contributed by atoms with Crippen LogP contribution in [-0.2, 0) is 28.5 Å². The maximum absolute atomic E-state index is 12.3. The number of fused-ring (bicyclic) bond motifs is 1. The van der Waals surface area contributed by atoms with Gasteiger partial charge in [0.2, 0.25) is 10.9 Å². The zero-order valence-electron chi connectivity index (χ0n) is 17.0. The van der Waals surface area contributed by atoms with Crippen LogP contribution in [0.5, 0.6) is 0 Å². The lowest BCUT2D eigenvalue weighted by Gasteiger charge is -2.35. The third-order valence-corrected chi connectivity index (χ3v) is 7.37. The predicted octanol–water partition coefficient (Wildman–Crippen LogP) is 4.52. The molecule has 0 fully saturated rings. The molecule has 0 N–H and O–H groups in total. The zero-order valence-corrected chi connectivity index (χ0v) is 18.7. The monoisotopic (exact) mass is 421 g/mol. The van der Waals surface area contributed by atoms with E-state index >= 15 is 0 Å². The Kier molecular flexibility index (Phi) is 5.87. The van der Waals surface area contributed by atoms with E-state index in [0.717, 1.165) is 59.2 Å². The predicted molar refractivity (Wildman–Crippen MR) is 115 cm³/mol. The highest BCUT2D eigenvalue weighted by Gasteiger charge is 2.30. The highest BCUT2D eigenvalue weighted by molar-refractivity contribution is 7.74. The van der Waals surface area contributed by atoms with Gasteiger partial charge in [0.15, 0.2) is 0 Å². The number of aryl methyl sites for hydroxylation is 1. The molecule has 1 aromatic heterocycles. The molecule has 0 atom stereocenters. The number of thiophene rings is 1. The molecule has 0 saturated heterocycles. The van der Waals surface area contributed by atoms with Gasteiger partial charge in [-0.1, -0.05) is 6.07 Å². The molecule has 3 rings (SSSR count). The fraction of sp³-hybridized carbons (Fsp3) is 0.476. The van der Waals surface area contributed by atoms with Gasteiger partial charge >= 0.3 is 5.97 Å². The number of thiol groups is 1. The molecule has 1 aromatic carbocycles. The van der Waals surface area contributed by atoms with E-state index in [2.05, 4.69) is 0 Å². The minimum absolute atomic E-state index is 0.333. The minimum atomic E-state index is -2.76. The van der Waals surface area contributed by atoms with Gasteiger partial charge in [0.05, 0.1) is 12.8 Å². The highest BCUT2D eigenvalue weighted by atomic mass is 32.2. The van der Waals surface area contributed by atoms with Crippen LogP contribution in [0.25, 0.3) is 11.1 Å².